The van der Waals surface area contributed by atoms with E-state index in [2.05, 4.69) is 59.2 Å². The van der Waals surface area contributed by atoms with Gasteiger partial charge < -0.3 is 10.6 Å². The summed E-state index contributed by atoms with van der Waals surface area (Å²) in [6.07, 6.45) is 1.15. The predicted octanol–water partition coefficient (Wildman–Crippen LogP) is 2.35. The van der Waals surface area contributed by atoms with Crippen molar-refractivity contribution in [3.8, 4) is 0 Å². The molecule has 21 heavy (non-hydrogen) atoms. The first kappa shape index (κ1) is 17.5. The van der Waals surface area contributed by atoms with Gasteiger partial charge in [0, 0.05) is 32.4 Å². The van der Waals surface area contributed by atoms with E-state index in [1.54, 1.807) is 0 Å². The molecule has 5 nitrogen and oxygen atoms in total. The van der Waals surface area contributed by atoms with Crippen LogP contribution in [0.15, 0.2) is 11.1 Å². The first-order valence-corrected chi connectivity index (χ1v) is 7.88. The number of aromatic nitrogens is 2. The summed E-state index contributed by atoms with van der Waals surface area (Å²) in [4.78, 5) is 4.26. The van der Waals surface area contributed by atoms with Gasteiger partial charge in [-0.3, -0.25) is 9.67 Å². The largest absolute Gasteiger partial charge is 0.356 e. The fourth-order valence-electron chi connectivity index (χ4n) is 2.19. The number of hydrogen-bond donors (Lipinski definition) is 2. The standard InChI is InChI=1S/C16H31N5/c1-12(2)7-8-18-16(17-6)19-10-13(3)11-21-15(5)9-14(4)20-21/h9,12-13H,7-8,10-11H2,1-6H3,(H2,17,18,19). The second-order valence-corrected chi connectivity index (χ2v) is 6.28. The molecule has 0 saturated carbocycles. The van der Waals surface area contributed by atoms with Crippen LogP contribution in [-0.4, -0.2) is 35.9 Å². The van der Waals surface area contributed by atoms with Crippen LogP contribution in [-0.2, 0) is 6.54 Å². The van der Waals surface area contributed by atoms with Gasteiger partial charge in [0.2, 0.25) is 0 Å². The third kappa shape index (κ3) is 6.65. The number of nitrogens with one attached hydrogen (secondary N) is 2. The van der Waals surface area contributed by atoms with Gasteiger partial charge in [0.05, 0.1) is 5.69 Å². The Kier molecular flexibility index (Phi) is 7.26. The molecule has 1 rings (SSSR count). The number of nitrogens with zero attached hydrogens (tertiary/aromatic N) is 3. The minimum Gasteiger partial charge on any atom is -0.356 e. The minimum atomic E-state index is 0.492. The van der Waals surface area contributed by atoms with Gasteiger partial charge in [-0.05, 0) is 38.2 Å². The summed E-state index contributed by atoms with van der Waals surface area (Å²) in [5, 5.41) is 11.2. The Bertz CT molecular complexity index is 448. The second-order valence-electron chi connectivity index (χ2n) is 6.28. The van der Waals surface area contributed by atoms with Crippen molar-refractivity contribution in [3.05, 3.63) is 17.5 Å². The van der Waals surface area contributed by atoms with E-state index < -0.39 is 0 Å². The van der Waals surface area contributed by atoms with E-state index in [4.69, 9.17) is 0 Å². The molecule has 0 aromatic carbocycles. The van der Waals surface area contributed by atoms with Gasteiger partial charge in [-0.25, -0.2) is 0 Å². The van der Waals surface area contributed by atoms with E-state index in [-0.39, 0.29) is 0 Å². The van der Waals surface area contributed by atoms with Gasteiger partial charge in [0.25, 0.3) is 0 Å². The van der Waals surface area contributed by atoms with Crippen molar-refractivity contribution in [1.82, 2.24) is 20.4 Å². The van der Waals surface area contributed by atoms with Crippen molar-refractivity contribution in [2.75, 3.05) is 20.1 Å². The molecule has 0 aliphatic carbocycles. The Balaban J connectivity index is 2.33. The molecule has 0 aliphatic heterocycles. The van der Waals surface area contributed by atoms with E-state index in [1.165, 1.54) is 5.69 Å². The summed E-state index contributed by atoms with van der Waals surface area (Å²) in [7, 11) is 1.82. The third-order valence-electron chi connectivity index (χ3n) is 3.44. The first-order valence-electron chi connectivity index (χ1n) is 7.88. The zero-order valence-electron chi connectivity index (χ0n) is 14.4. The summed E-state index contributed by atoms with van der Waals surface area (Å²) in [6, 6.07) is 2.12. The molecule has 1 heterocycles. The summed E-state index contributed by atoms with van der Waals surface area (Å²) >= 11 is 0. The SMILES string of the molecule is CN=C(NCCC(C)C)NCC(C)Cn1nc(C)cc1C. The van der Waals surface area contributed by atoms with Crippen molar-refractivity contribution < 1.29 is 0 Å². The lowest BCUT2D eigenvalue weighted by Crippen LogP contribution is -2.40. The molecule has 1 atom stereocenters. The lowest BCUT2D eigenvalue weighted by atomic mass is 10.1. The van der Waals surface area contributed by atoms with Crippen LogP contribution in [0.1, 0.15) is 38.6 Å². The summed E-state index contributed by atoms with van der Waals surface area (Å²) < 4.78 is 2.08. The van der Waals surface area contributed by atoms with Gasteiger partial charge in [-0.1, -0.05) is 20.8 Å². The second kappa shape index (κ2) is 8.70. The van der Waals surface area contributed by atoms with Crippen LogP contribution in [0.2, 0.25) is 0 Å². The van der Waals surface area contributed by atoms with Gasteiger partial charge in [0.1, 0.15) is 0 Å². The molecule has 120 valence electrons. The highest BCUT2D eigenvalue weighted by Crippen LogP contribution is 2.05. The van der Waals surface area contributed by atoms with E-state index >= 15 is 0 Å². The quantitative estimate of drug-likeness (QED) is 0.599. The molecule has 2 N–H and O–H groups in total. The highest BCUT2D eigenvalue weighted by atomic mass is 15.3. The summed E-state index contributed by atoms with van der Waals surface area (Å²) in [6.45, 7) is 13.6. The van der Waals surface area contributed by atoms with Gasteiger partial charge in [-0.15, -0.1) is 0 Å². The molecular formula is C16H31N5. The molecule has 1 aromatic rings. The van der Waals surface area contributed by atoms with E-state index in [0.29, 0.717) is 11.8 Å². The molecule has 0 radical (unpaired) electrons. The van der Waals surface area contributed by atoms with Gasteiger partial charge >= 0.3 is 0 Å². The fraction of sp³-hybridized carbons (Fsp3) is 0.750. The number of rotatable bonds is 7. The summed E-state index contributed by atoms with van der Waals surface area (Å²) in [5.74, 6) is 2.09. The zero-order valence-corrected chi connectivity index (χ0v) is 14.4. The number of aliphatic imine (C=N–C) groups is 1. The molecule has 0 spiro atoms. The Labute approximate surface area is 129 Å². The van der Waals surface area contributed by atoms with Crippen molar-refractivity contribution >= 4 is 5.96 Å². The highest BCUT2D eigenvalue weighted by molar-refractivity contribution is 5.79. The first-order chi connectivity index (χ1) is 9.92. The number of guanidine groups is 1. The van der Waals surface area contributed by atoms with Crippen molar-refractivity contribution in [3.63, 3.8) is 0 Å². The van der Waals surface area contributed by atoms with Gasteiger partial charge in [0.15, 0.2) is 5.96 Å². The lowest BCUT2D eigenvalue weighted by molar-refractivity contribution is 0.435. The van der Waals surface area contributed by atoms with Crippen LogP contribution in [0.3, 0.4) is 0 Å². The summed E-state index contributed by atoms with van der Waals surface area (Å²) in [5.41, 5.74) is 2.30. The highest BCUT2D eigenvalue weighted by Gasteiger charge is 2.08. The van der Waals surface area contributed by atoms with Crippen LogP contribution in [0.5, 0.6) is 0 Å². The van der Waals surface area contributed by atoms with Crippen LogP contribution in [0.25, 0.3) is 0 Å². The van der Waals surface area contributed by atoms with Crippen LogP contribution >= 0.6 is 0 Å². The number of hydrogen-bond acceptors (Lipinski definition) is 2. The Morgan fingerprint density at radius 2 is 2.00 bits per heavy atom. The lowest BCUT2D eigenvalue weighted by Gasteiger charge is -2.17. The maximum atomic E-state index is 4.51. The number of aryl methyl sites for hydroxylation is 2. The average molecular weight is 293 g/mol. The van der Waals surface area contributed by atoms with Crippen molar-refractivity contribution in [1.29, 1.82) is 0 Å². The normalized spacial score (nSPS) is 13.6. The average Bonchev–Trinajstić information content (AvgIpc) is 2.71. The maximum absolute atomic E-state index is 4.51. The van der Waals surface area contributed by atoms with Crippen LogP contribution < -0.4 is 10.6 Å². The van der Waals surface area contributed by atoms with Crippen LogP contribution in [0, 0.1) is 25.7 Å². The topological polar surface area (TPSA) is 54.2 Å². The molecule has 1 unspecified atom stereocenters. The van der Waals surface area contributed by atoms with Crippen molar-refractivity contribution in [2.45, 2.75) is 47.6 Å². The zero-order chi connectivity index (χ0) is 15.8. The molecule has 0 bridgehead atoms. The maximum Gasteiger partial charge on any atom is 0.190 e. The third-order valence-corrected chi connectivity index (χ3v) is 3.44. The Morgan fingerprint density at radius 3 is 2.52 bits per heavy atom. The molecule has 0 aliphatic rings. The predicted molar refractivity (Wildman–Crippen MR) is 89.7 cm³/mol. The fourth-order valence-corrected chi connectivity index (χ4v) is 2.19. The Morgan fingerprint density at radius 1 is 1.29 bits per heavy atom. The van der Waals surface area contributed by atoms with Crippen LogP contribution in [0.4, 0.5) is 0 Å². The molecule has 5 heteroatoms. The molecule has 0 fully saturated rings. The monoisotopic (exact) mass is 293 g/mol. The van der Waals surface area contributed by atoms with E-state index in [9.17, 15) is 0 Å². The van der Waals surface area contributed by atoms with E-state index in [0.717, 1.165) is 37.7 Å². The molecule has 0 amide bonds. The smallest absolute Gasteiger partial charge is 0.190 e. The van der Waals surface area contributed by atoms with Crippen molar-refractivity contribution in [2.24, 2.45) is 16.8 Å². The minimum absolute atomic E-state index is 0.492. The van der Waals surface area contributed by atoms with Gasteiger partial charge in [-0.2, -0.15) is 5.10 Å². The Hall–Kier alpha value is -1.52. The molecule has 0 saturated heterocycles. The molecule has 1 aromatic heterocycles. The van der Waals surface area contributed by atoms with E-state index in [1.807, 2.05) is 14.0 Å². The molecular weight excluding hydrogens is 262 g/mol.